The van der Waals surface area contributed by atoms with Gasteiger partial charge >= 0.3 is 0 Å². The lowest BCUT2D eigenvalue weighted by Gasteiger charge is -2.32. The summed E-state index contributed by atoms with van der Waals surface area (Å²) in [6, 6.07) is 3.96. The Morgan fingerprint density at radius 2 is 1.80 bits per heavy atom. The van der Waals surface area contributed by atoms with Gasteiger partial charge in [0.2, 0.25) is 21.8 Å². The highest BCUT2D eigenvalue weighted by molar-refractivity contribution is 7.89. The SMILES string of the molecule is CC(C)[C@@H](NC(=O)C1CCN(S(=O)(=O)c2ccc(F)cc2)CC1)C(=O)NCCCO. The molecule has 0 aromatic heterocycles. The fourth-order valence-electron chi connectivity index (χ4n) is 3.32. The fourth-order valence-corrected chi connectivity index (χ4v) is 4.79. The zero-order valence-electron chi connectivity index (χ0n) is 17.3. The van der Waals surface area contributed by atoms with Crippen LogP contribution in [0.15, 0.2) is 29.2 Å². The number of aliphatic hydroxyl groups is 1. The molecule has 2 rings (SSSR count). The van der Waals surface area contributed by atoms with Gasteiger partial charge in [0.05, 0.1) is 4.90 Å². The van der Waals surface area contributed by atoms with Gasteiger partial charge < -0.3 is 15.7 Å². The molecule has 30 heavy (non-hydrogen) atoms. The van der Waals surface area contributed by atoms with Crippen LogP contribution in [0.2, 0.25) is 0 Å². The summed E-state index contributed by atoms with van der Waals surface area (Å²) in [5.74, 6) is -1.60. The fraction of sp³-hybridized carbons (Fsp3) is 0.600. The van der Waals surface area contributed by atoms with Crippen LogP contribution in [-0.2, 0) is 19.6 Å². The third-order valence-corrected chi connectivity index (χ3v) is 7.07. The number of halogens is 1. The molecule has 1 saturated heterocycles. The maximum Gasteiger partial charge on any atom is 0.243 e. The number of hydrogen-bond donors (Lipinski definition) is 3. The molecule has 0 aliphatic carbocycles. The summed E-state index contributed by atoms with van der Waals surface area (Å²) >= 11 is 0. The first kappa shape index (κ1) is 24.2. The molecule has 1 aliphatic rings. The van der Waals surface area contributed by atoms with Crippen molar-refractivity contribution in [3.05, 3.63) is 30.1 Å². The van der Waals surface area contributed by atoms with Crippen LogP contribution in [-0.4, -0.2) is 61.9 Å². The number of piperidine rings is 1. The van der Waals surface area contributed by atoms with Crippen molar-refractivity contribution in [2.45, 2.75) is 44.0 Å². The van der Waals surface area contributed by atoms with E-state index in [2.05, 4.69) is 10.6 Å². The molecule has 10 heteroatoms. The summed E-state index contributed by atoms with van der Waals surface area (Å²) in [7, 11) is -3.74. The second kappa shape index (κ2) is 10.8. The van der Waals surface area contributed by atoms with Crippen molar-refractivity contribution in [3.63, 3.8) is 0 Å². The van der Waals surface area contributed by atoms with Crippen molar-refractivity contribution < 1.29 is 27.5 Å². The van der Waals surface area contributed by atoms with E-state index in [1.165, 1.54) is 16.4 Å². The number of aliphatic hydroxyl groups excluding tert-OH is 1. The number of rotatable bonds is 9. The van der Waals surface area contributed by atoms with E-state index in [-0.39, 0.29) is 42.3 Å². The maximum absolute atomic E-state index is 13.1. The first-order valence-electron chi connectivity index (χ1n) is 10.1. The molecule has 0 radical (unpaired) electrons. The molecular weight excluding hydrogens is 413 g/mol. The van der Waals surface area contributed by atoms with E-state index in [4.69, 9.17) is 5.11 Å². The third kappa shape index (κ3) is 6.23. The molecular formula is C20H30FN3O5S. The molecule has 0 unspecified atom stereocenters. The smallest absolute Gasteiger partial charge is 0.243 e. The molecule has 2 amide bonds. The lowest BCUT2D eigenvalue weighted by molar-refractivity contribution is -0.132. The van der Waals surface area contributed by atoms with Crippen LogP contribution in [0.3, 0.4) is 0 Å². The second-order valence-electron chi connectivity index (χ2n) is 7.73. The number of amides is 2. The highest BCUT2D eigenvalue weighted by Gasteiger charge is 2.34. The molecule has 1 atom stereocenters. The van der Waals surface area contributed by atoms with Crippen molar-refractivity contribution in [1.82, 2.24) is 14.9 Å². The predicted octanol–water partition coefficient (Wildman–Crippen LogP) is 0.866. The molecule has 8 nitrogen and oxygen atoms in total. The van der Waals surface area contributed by atoms with Gasteiger partial charge in [-0.25, -0.2) is 12.8 Å². The molecule has 168 valence electrons. The third-order valence-electron chi connectivity index (χ3n) is 5.16. The van der Waals surface area contributed by atoms with Crippen molar-refractivity contribution in [2.75, 3.05) is 26.2 Å². The summed E-state index contributed by atoms with van der Waals surface area (Å²) in [6.45, 7) is 4.30. The van der Waals surface area contributed by atoms with Gasteiger partial charge in [-0.1, -0.05) is 13.8 Å². The monoisotopic (exact) mass is 443 g/mol. The summed E-state index contributed by atoms with van der Waals surface area (Å²) in [6.07, 6.45) is 1.11. The van der Waals surface area contributed by atoms with Crippen LogP contribution in [0.1, 0.15) is 33.1 Å². The van der Waals surface area contributed by atoms with Crippen molar-refractivity contribution in [1.29, 1.82) is 0 Å². The Morgan fingerprint density at radius 3 is 2.33 bits per heavy atom. The number of carbonyl (C=O) groups excluding carboxylic acids is 2. The van der Waals surface area contributed by atoms with Crippen LogP contribution in [0.25, 0.3) is 0 Å². The van der Waals surface area contributed by atoms with Crippen LogP contribution in [0.4, 0.5) is 4.39 Å². The summed E-state index contributed by atoms with van der Waals surface area (Å²) in [4.78, 5) is 25.0. The van der Waals surface area contributed by atoms with Gasteiger partial charge in [0.15, 0.2) is 0 Å². The lowest BCUT2D eigenvalue weighted by atomic mass is 9.95. The van der Waals surface area contributed by atoms with E-state index in [0.29, 0.717) is 25.8 Å². The normalized spacial score (nSPS) is 17.0. The van der Waals surface area contributed by atoms with Gasteiger partial charge in [0, 0.05) is 32.2 Å². The molecule has 3 N–H and O–H groups in total. The Morgan fingerprint density at radius 1 is 1.20 bits per heavy atom. The summed E-state index contributed by atoms with van der Waals surface area (Å²) < 4.78 is 39.7. The van der Waals surface area contributed by atoms with E-state index >= 15 is 0 Å². The molecule has 1 aromatic carbocycles. The standard InChI is InChI=1S/C20H30FN3O5S/c1-14(2)18(20(27)22-10-3-13-25)23-19(26)15-8-11-24(12-9-15)30(28,29)17-6-4-16(21)5-7-17/h4-7,14-15,18,25H,3,8-13H2,1-2H3,(H,22,27)(H,23,26)/t18-/m1/s1. The zero-order valence-corrected chi connectivity index (χ0v) is 18.1. The van der Waals surface area contributed by atoms with Gasteiger partial charge in [-0.2, -0.15) is 4.31 Å². The van der Waals surface area contributed by atoms with E-state index in [0.717, 1.165) is 12.1 Å². The molecule has 0 bridgehead atoms. The van der Waals surface area contributed by atoms with Crippen LogP contribution in [0.5, 0.6) is 0 Å². The van der Waals surface area contributed by atoms with Crippen molar-refractivity contribution in [3.8, 4) is 0 Å². The van der Waals surface area contributed by atoms with Crippen LogP contribution >= 0.6 is 0 Å². The minimum Gasteiger partial charge on any atom is -0.396 e. The Bertz CT molecular complexity index is 821. The highest BCUT2D eigenvalue weighted by Crippen LogP contribution is 2.24. The lowest BCUT2D eigenvalue weighted by Crippen LogP contribution is -2.52. The van der Waals surface area contributed by atoms with Gasteiger partial charge in [0.1, 0.15) is 11.9 Å². The minimum atomic E-state index is -3.74. The summed E-state index contributed by atoms with van der Waals surface area (Å²) in [5, 5.41) is 14.3. The van der Waals surface area contributed by atoms with Crippen LogP contribution < -0.4 is 10.6 Å². The van der Waals surface area contributed by atoms with Crippen molar-refractivity contribution >= 4 is 21.8 Å². The Kier molecular flexibility index (Phi) is 8.75. The maximum atomic E-state index is 13.1. The molecule has 1 fully saturated rings. The van der Waals surface area contributed by atoms with Gasteiger partial charge in [0.25, 0.3) is 0 Å². The molecule has 1 heterocycles. The quantitative estimate of drug-likeness (QED) is 0.490. The number of sulfonamides is 1. The van der Waals surface area contributed by atoms with E-state index < -0.39 is 27.8 Å². The molecule has 0 spiro atoms. The Labute approximate surface area is 176 Å². The Balaban J connectivity index is 1.94. The number of carbonyl (C=O) groups is 2. The number of nitrogens with zero attached hydrogens (tertiary/aromatic N) is 1. The highest BCUT2D eigenvalue weighted by atomic mass is 32.2. The van der Waals surface area contributed by atoms with Crippen molar-refractivity contribution in [2.24, 2.45) is 11.8 Å². The number of nitrogens with one attached hydrogen (secondary N) is 2. The van der Waals surface area contributed by atoms with E-state index in [9.17, 15) is 22.4 Å². The minimum absolute atomic E-state index is 0.0197. The predicted molar refractivity (Wildman–Crippen MR) is 109 cm³/mol. The number of benzene rings is 1. The van der Waals surface area contributed by atoms with Gasteiger partial charge in [-0.05, 0) is 49.4 Å². The summed E-state index contributed by atoms with van der Waals surface area (Å²) in [5.41, 5.74) is 0. The van der Waals surface area contributed by atoms with Gasteiger partial charge in [-0.15, -0.1) is 0 Å². The molecule has 1 aromatic rings. The Hall–Kier alpha value is -2.04. The average Bonchev–Trinajstić information content (AvgIpc) is 2.72. The topological polar surface area (TPSA) is 116 Å². The second-order valence-corrected chi connectivity index (χ2v) is 9.67. The zero-order chi connectivity index (χ0) is 22.3. The molecule has 0 saturated carbocycles. The first-order valence-corrected chi connectivity index (χ1v) is 11.6. The van der Waals surface area contributed by atoms with Crippen LogP contribution in [0, 0.1) is 17.7 Å². The van der Waals surface area contributed by atoms with Gasteiger partial charge in [-0.3, -0.25) is 9.59 Å². The molecule has 1 aliphatic heterocycles. The largest absolute Gasteiger partial charge is 0.396 e. The first-order chi connectivity index (χ1) is 14.2. The van der Waals surface area contributed by atoms with E-state index in [1.807, 2.05) is 13.8 Å². The number of hydrogen-bond acceptors (Lipinski definition) is 5. The van der Waals surface area contributed by atoms with E-state index in [1.54, 1.807) is 0 Å². The average molecular weight is 444 g/mol.